The lowest BCUT2D eigenvalue weighted by Crippen LogP contribution is -2.04. The number of nitrogen functional groups attached to an aromatic ring is 2. The zero-order chi connectivity index (χ0) is 22.4. The van der Waals surface area contributed by atoms with Gasteiger partial charge in [-0.1, -0.05) is 0 Å². The summed E-state index contributed by atoms with van der Waals surface area (Å²) in [5, 5.41) is 12.1. The first-order valence-corrected chi connectivity index (χ1v) is 10.3. The van der Waals surface area contributed by atoms with Crippen LogP contribution >= 0.6 is 11.8 Å². The average Bonchev–Trinajstić information content (AvgIpc) is 2.74. The highest BCUT2D eigenvalue weighted by Gasteiger charge is 2.05. The third-order valence-corrected chi connectivity index (χ3v) is 4.13. The molecule has 11 heteroatoms. The quantitative estimate of drug-likeness (QED) is 0.209. The minimum absolute atomic E-state index is 0.243. The number of aromatic nitrogens is 4. The summed E-state index contributed by atoms with van der Waals surface area (Å²) in [6.45, 7) is 5.56. The number of pyridine rings is 2. The van der Waals surface area contributed by atoms with E-state index in [9.17, 15) is 0 Å². The summed E-state index contributed by atoms with van der Waals surface area (Å²) >= 11 is 1.59. The third-order valence-electron chi connectivity index (χ3n) is 3.40. The highest BCUT2D eigenvalue weighted by Crippen LogP contribution is 2.18. The number of hydrogen-bond donors (Lipinski definition) is 4. The molecule has 158 valence electrons. The molecule has 10 nitrogen and oxygen atoms in total. The van der Waals surface area contributed by atoms with E-state index in [1.165, 1.54) is 6.19 Å². The van der Waals surface area contributed by atoms with Crippen LogP contribution in [0.1, 0.15) is 19.4 Å². The molecule has 0 spiro atoms. The maximum absolute atomic E-state index is 7.10. The molecular weight excluding hydrogens is 400 g/mol. The summed E-state index contributed by atoms with van der Waals surface area (Å²) in [5.41, 5.74) is 17.0. The molecule has 0 aromatic carbocycles. The molecule has 30 heavy (non-hydrogen) atoms. The second kappa shape index (κ2) is 13.5. The third kappa shape index (κ3) is 7.40. The van der Waals surface area contributed by atoms with Crippen molar-refractivity contribution in [3.8, 4) is 6.19 Å². The number of nitrogens with zero attached hydrogens (tertiary/aromatic N) is 6. The van der Waals surface area contributed by atoms with Crippen molar-refractivity contribution < 1.29 is 0 Å². The van der Waals surface area contributed by atoms with Crippen molar-refractivity contribution in [2.75, 3.05) is 36.1 Å². The van der Waals surface area contributed by atoms with Crippen LogP contribution in [-0.4, -0.2) is 44.3 Å². The van der Waals surface area contributed by atoms with Crippen molar-refractivity contribution in [2.45, 2.75) is 13.8 Å². The van der Waals surface area contributed by atoms with Crippen LogP contribution in [0.4, 0.5) is 17.6 Å². The topological polar surface area (TPSA) is 178 Å². The Labute approximate surface area is 180 Å². The Morgan fingerprint density at radius 3 is 2.43 bits per heavy atom. The zero-order valence-corrected chi connectivity index (χ0v) is 18.0. The molecule has 3 aromatic heterocycles. The maximum Gasteiger partial charge on any atom is 0.224 e. The lowest BCUT2D eigenvalue weighted by atomic mass is 10.3. The normalized spacial score (nSPS) is 10.1. The van der Waals surface area contributed by atoms with Crippen molar-refractivity contribution in [3.63, 3.8) is 0 Å². The summed E-state index contributed by atoms with van der Waals surface area (Å²) in [6.07, 6.45) is 6.61. The van der Waals surface area contributed by atoms with Gasteiger partial charge < -0.3 is 22.5 Å². The fourth-order valence-corrected chi connectivity index (χ4v) is 2.93. The number of anilines is 3. The van der Waals surface area contributed by atoms with Crippen LogP contribution in [-0.2, 0) is 0 Å². The average molecular weight is 427 g/mol. The van der Waals surface area contributed by atoms with Gasteiger partial charge in [-0.05, 0) is 44.4 Å². The molecule has 0 aliphatic heterocycles. The molecule has 0 fully saturated rings. The summed E-state index contributed by atoms with van der Waals surface area (Å²) in [4.78, 5) is 20.6. The van der Waals surface area contributed by atoms with E-state index in [2.05, 4.69) is 36.0 Å². The highest BCUT2D eigenvalue weighted by atomic mass is 32.2. The first-order chi connectivity index (χ1) is 14.5. The molecule has 0 saturated carbocycles. The molecule has 0 aliphatic carbocycles. The predicted molar refractivity (Wildman–Crippen MR) is 125 cm³/mol. The van der Waals surface area contributed by atoms with Crippen molar-refractivity contribution in [1.82, 2.24) is 19.9 Å². The fourth-order valence-electron chi connectivity index (χ4n) is 2.28. The first-order valence-electron chi connectivity index (χ1n) is 9.03. The Kier molecular flexibility index (Phi) is 11.0. The number of nitriles is 1. The number of nitrogens with two attached hydrogens (primary N) is 3. The number of rotatable bonds is 4. The van der Waals surface area contributed by atoms with Gasteiger partial charge in [0.1, 0.15) is 16.7 Å². The van der Waals surface area contributed by atoms with Crippen LogP contribution in [0.2, 0.25) is 0 Å². The van der Waals surface area contributed by atoms with E-state index in [-0.39, 0.29) is 5.95 Å². The first kappa shape index (κ1) is 24.4. The van der Waals surface area contributed by atoms with Crippen LogP contribution in [0.5, 0.6) is 0 Å². The second-order valence-corrected chi connectivity index (χ2v) is 6.18. The van der Waals surface area contributed by atoms with Gasteiger partial charge in [0.25, 0.3) is 0 Å². The van der Waals surface area contributed by atoms with Crippen molar-refractivity contribution in [3.05, 3.63) is 42.2 Å². The minimum Gasteiger partial charge on any atom is -0.383 e. The van der Waals surface area contributed by atoms with Gasteiger partial charge in [0.15, 0.2) is 11.8 Å². The molecule has 0 aliphatic rings. The van der Waals surface area contributed by atoms with E-state index in [1.54, 1.807) is 24.2 Å². The molecule has 3 aromatic rings. The smallest absolute Gasteiger partial charge is 0.224 e. The predicted octanol–water partition coefficient (Wildman–Crippen LogP) is 2.26. The van der Waals surface area contributed by atoms with E-state index in [0.717, 1.165) is 34.9 Å². The van der Waals surface area contributed by atoms with Crippen molar-refractivity contribution in [2.24, 2.45) is 10.7 Å². The van der Waals surface area contributed by atoms with E-state index in [4.69, 9.17) is 16.7 Å². The number of fused-ring (bicyclic) bond motifs is 1. The van der Waals surface area contributed by atoms with E-state index < -0.39 is 0 Å². The lowest BCUT2D eigenvalue weighted by molar-refractivity contribution is 1.14. The summed E-state index contributed by atoms with van der Waals surface area (Å²) in [7, 11) is 0. The van der Waals surface area contributed by atoms with Gasteiger partial charge in [-0.2, -0.15) is 15.2 Å². The summed E-state index contributed by atoms with van der Waals surface area (Å²) in [5.74, 6) is 1.53. The maximum atomic E-state index is 7.10. The Morgan fingerprint density at radius 1 is 1.17 bits per heavy atom. The molecule has 0 bridgehead atoms. The SMILES string of the molecule is CCN=C(SC)c1cccnc1N.CCNc1nc(N)nc2ncccc12.N#CN. The van der Waals surface area contributed by atoms with Gasteiger partial charge in [-0.25, -0.2) is 9.97 Å². The largest absolute Gasteiger partial charge is 0.383 e. The Bertz CT molecular complexity index is 1000. The van der Waals surface area contributed by atoms with Crippen LogP contribution in [0.25, 0.3) is 11.0 Å². The Balaban J connectivity index is 0.000000266. The van der Waals surface area contributed by atoms with E-state index >= 15 is 0 Å². The molecule has 0 saturated heterocycles. The van der Waals surface area contributed by atoms with Crippen LogP contribution in [0, 0.1) is 11.5 Å². The Morgan fingerprint density at radius 2 is 1.83 bits per heavy atom. The minimum atomic E-state index is 0.243. The summed E-state index contributed by atoms with van der Waals surface area (Å²) in [6, 6.07) is 7.57. The van der Waals surface area contributed by atoms with Gasteiger partial charge in [-0.15, -0.1) is 11.8 Å². The Hall–Kier alpha value is -3.65. The van der Waals surface area contributed by atoms with Crippen molar-refractivity contribution in [1.29, 1.82) is 5.26 Å². The number of thioether (sulfide) groups is 1. The van der Waals surface area contributed by atoms with Crippen LogP contribution in [0.15, 0.2) is 41.7 Å². The second-order valence-electron chi connectivity index (χ2n) is 5.38. The van der Waals surface area contributed by atoms with Crippen LogP contribution < -0.4 is 22.5 Å². The standard InChI is InChI=1S/C9H11N5.C9H13N3S.CH2N2/c1-2-11-7-6-4-3-5-12-8(6)14-9(10)13-7;1-3-11-9(13-2)7-5-4-6-12-8(7)10;2-1-3/h3-5H,2H2,1H3,(H3,10,11,12,13,14);4-6H,3H2,1-2H3,(H2,10,12);2H2. The van der Waals surface area contributed by atoms with E-state index in [0.29, 0.717) is 11.5 Å². The molecule has 0 amide bonds. The van der Waals surface area contributed by atoms with Crippen LogP contribution in [0.3, 0.4) is 0 Å². The lowest BCUT2D eigenvalue weighted by Gasteiger charge is -2.05. The molecule has 0 unspecified atom stereocenters. The molecule has 3 rings (SSSR count). The molecule has 3 heterocycles. The van der Waals surface area contributed by atoms with Gasteiger partial charge in [0.2, 0.25) is 5.95 Å². The fraction of sp³-hybridized carbons (Fsp3) is 0.263. The molecular formula is C19H26N10S. The van der Waals surface area contributed by atoms with Gasteiger partial charge in [0.05, 0.1) is 5.39 Å². The molecule has 0 radical (unpaired) electrons. The van der Waals surface area contributed by atoms with E-state index in [1.807, 2.05) is 44.4 Å². The van der Waals surface area contributed by atoms with Gasteiger partial charge in [0, 0.05) is 31.0 Å². The van der Waals surface area contributed by atoms with Gasteiger partial charge in [-0.3, -0.25) is 4.99 Å². The number of aliphatic imine (C=N–C) groups is 1. The monoisotopic (exact) mass is 426 g/mol. The molecule has 7 N–H and O–H groups in total. The number of nitrogens with one attached hydrogen (secondary N) is 1. The molecule has 0 atom stereocenters. The zero-order valence-electron chi connectivity index (χ0n) is 17.2. The number of hydrogen-bond acceptors (Lipinski definition) is 11. The highest BCUT2D eigenvalue weighted by molar-refractivity contribution is 8.13. The van der Waals surface area contributed by atoms with Gasteiger partial charge >= 0.3 is 0 Å². The summed E-state index contributed by atoms with van der Waals surface area (Å²) < 4.78 is 0. The van der Waals surface area contributed by atoms with Crippen molar-refractivity contribution >= 4 is 45.4 Å².